The van der Waals surface area contributed by atoms with Crippen LogP contribution in [0.2, 0.25) is 0 Å². The molecular formula is C27H47NO3. The fourth-order valence-electron chi connectivity index (χ4n) is 3.92. The Morgan fingerprint density at radius 1 is 0.935 bits per heavy atom. The number of carbonyl (C=O) groups is 2. The summed E-state index contributed by atoms with van der Waals surface area (Å²) in [5.41, 5.74) is 1.41. The molecule has 0 aromatic carbocycles. The van der Waals surface area contributed by atoms with Crippen molar-refractivity contribution in [3.05, 3.63) is 35.5 Å². The Labute approximate surface area is 191 Å². The van der Waals surface area contributed by atoms with Crippen LogP contribution >= 0.6 is 0 Å². The maximum absolute atomic E-state index is 12.9. The number of allylic oxidation sites excluding steroid dienone is 6. The van der Waals surface area contributed by atoms with Crippen LogP contribution in [0.5, 0.6) is 0 Å². The first-order valence-corrected chi connectivity index (χ1v) is 12.2. The molecule has 3 aliphatic rings. The number of hydrogen-bond donors (Lipinski definition) is 0. The van der Waals surface area contributed by atoms with E-state index in [1.54, 1.807) is 4.90 Å². The first-order chi connectivity index (χ1) is 14.5. The third kappa shape index (κ3) is 7.36. The van der Waals surface area contributed by atoms with Gasteiger partial charge in [-0.2, -0.15) is 0 Å². The summed E-state index contributed by atoms with van der Waals surface area (Å²) >= 11 is 0. The number of Topliss-reactive ketones (excluding diaryl/α,β-unsaturated/α-hetero) is 1. The van der Waals surface area contributed by atoms with Gasteiger partial charge in [0.25, 0.3) is 0 Å². The number of carbonyl (C=O) groups excluding carboxylic acids is 2. The molecule has 178 valence electrons. The molecule has 0 atom stereocenters. The molecule has 1 fully saturated rings. The van der Waals surface area contributed by atoms with Crippen molar-refractivity contribution in [1.82, 2.24) is 4.90 Å². The lowest BCUT2D eigenvalue weighted by Gasteiger charge is -2.40. The fourth-order valence-corrected chi connectivity index (χ4v) is 3.92. The number of ether oxygens (including phenoxy) is 1. The van der Waals surface area contributed by atoms with Crippen molar-refractivity contribution in [2.45, 2.75) is 101 Å². The summed E-state index contributed by atoms with van der Waals surface area (Å²) in [4.78, 5) is 26.9. The Morgan fingerprint density at radius 3 is 1.90 bits per heavy atom. The Hall–Kier alpha value is -1.84. The van der Waals surface area contributed by atoms with Gasteiger partial charge in [-0.1, -0.05) is 79.7 Å². The van der Waals surface area contributed by atoms with Crippen molar-refractivity contribution in [3.8, 4) is 0 Å². The first-order valence-electron chi connectivity index (χ1n) is 12.2. The molecule has 1 spiro atoms. The molecule has 1 saturated heterocycles. The monoisotopic (exact) mass is 433 g/mol. The summed E-state index contributed by atoms with van der Waals surface area (Å²) in [5.74, 6) is 0.301. The lowest BCUT2D eigenvalue weighted by atomic mass is 9.72. The van der Waals surface area contributed by atoms with E-state index in [4.69, 9.17) is 4.74 Å². The van der Waals surface area contributed by atoms with Gasteiger partial charge in [-0.3, -0.25) is 4.79 Å². The van der Waals surface area contributed by atoms with Crippen LogP contribution in [0.1, 0.15) is 95.4 Å². The van der Waals surface area contributed by atoms with E-state index in [9.17, 15) is 9.59 Å². The van der Waals surface area contributed by atoms with Gasteiger partial charge in [-0.15, -0.1) is 0 Å². The van der Waals surface area contributed by atoms with Crippen molar-refractivity contribution in [2.24, 2.45) is 10.8 Å². The zero-order valence-electron chi connectivity index (χ0n) is 22.0. The highest BCUT2D eigenvalue weighted by atomic mass is 16.6. The van der Waals surface area contributed by atoms with E-state index in [1.165, 1.54) is 5.57 Å². The molecule has 2 aliphatic carbocycles. The molecule has 0 radical (unpaired) electrons. The standard InChI is InChI=1S/C21H29NO3.3C2H6/c1-19(2,3)25-18(24)22-12-10-21(11-13-22)16-7-9-20(4,5)8-6-15(16)14-17(21)23;3*1-2/h6-9H,10-14H2,1-5H3;3*1-2H3. The van der Waals surface area contributed by atoms with Crippen LogP contribution in [0.3, 0.4) is 0 Å². The van der Waals surface area contributed by atoms with Gasteiger partial charge in [-0.25, -0.2) is 4.79 Å². The third-order valence-corrected chi connectivity index (χ3v) is 5.41. The molecule has 3 rings (SSSR count). The van der Waals surface area contributed by atoms with Crippen LogP contribution in [0.25, 0.3) is 0 Å². The molecule has 0 saturated carbocycles. The van der Waals surface area contributed by atoms with Gasteiger partial charge < -0.3 is 9.64 Å². The van der Waals surface area contributed by atoms with Gasteiger partial charge in [0, 0.05) is 24.9 Å². The lowest BCUT2D eigenvalue weighted by Crippen LogP contribution is -2.47. The van der Waals surface area contributed by atoms with E-state index in [-0.39, 0.29) is 11.5 Å². The molecule has 0 aromatic rings. The Morgan fingerprint density at radius 2 is 1.42 bits per heavy atom. The molecule has 1 heterocycles. The molecule has 0 N–H and O–H groups in total. The highest BCUT2D eigenvalue weighted by Crippen LogP contribution is 2.50. The predicted molar refractivity (Wildman–Crippen MR) is 132 cm³/mol. The van der Waals surface area contributed by atoms with Crippen molar-refractivity contribution in [2.75, 3.05) is 13.1 Å². The predicted octanol–water partition coefficient (Wildman–Crippen LogP) is 7.50. The minimum Gasteiger partial charge on any atom is -0.444 e. The Bertz CT molecular complexity index is 682. The summed E-state index contributed by atoms with van der Waals surface area (Å²) in [6.45, 7) is 23.1. The second-order valence-electron chi connectivity index (χ2n) is 9.08. The number of hydrogen-bond acceptors (Lipinski definition) is 3. The molecule has 4 nitrogen and oxygen atoms in total. The van der Waals surface area contributed by atoms with Gasteiger partial charge in [0.1, 0.15) is 11.4 Å². The summed E-state index contributed by atoms with van der Waals surface area (Å²) in [6.07, 6.45) is 10.2. The molecule has 0 bridgehead atoms. The molecule has 1 aliphatic heterocycles. The zero-order chi connectivity index (χ0) is 24.5. The van der Waals surface area contributed by atoms with E-state index in [0.29, 0.717) is 38.1 Å². The Kier molecular flexibility index (Phi) is 11.5. The third-order valence-electron chi connectivity index (χ3n) is 5.41. The summed E-state index contributed by atoms with van der Waals surface area (Å²) in [5, 5.41) is 0. The Balaban J connectivity index is 0.00000138. The summed E-state index contributed by atoms with van der Waals surface area (Å²) < 4.78 is 5.47. The summed E-state index contributed by atoms with van der Waals surface area (Å²) in [7, 11) is 0. The van der Waals surface area contributed by atoms with E-state index in [1.807, 2.05) is 62.3 Å². The van der Waals surface area contributed by atoms with Crippen molar-refractivity contribution < 1.29 is 14.3 Å². The topological polar surface area (TPSA) is 46.6 Å². The van der Waals surface area contributed by atoms with Gasteiger partial charge in [0.2, 0.25) is 0 Å². The SMILES string of the molecule is CC.CC.CC.CC1(C)C=CC2=C(C=C1)C1(CCN(C(=O)OC(C)(C)C)CC1)C(=O)C2. The molecule has 31 heavy (non-hydrogen) atoms. The van der Waals surface area contributed by atoms with E-state index in [2.05, 4.69) is 38.2 Å². The van der Waals surface area contributed by atoms with Crippen LogP contribution in [0.15, 0.2) is 35.5 Å². The quantitative estimate of drug-likeness (QED) is 0.397. The number of likely N-dealkylation sites (tertiary alicyclic amines) is 1. The van der Waals surface area contributed by atoms with Gasteiger partial charge in [0.15, 0.2) is 0 Å². The van der Waals surface area contributed by atoms with Crippen molar-refractivity contribution in [3.63, 3.8) is 0 Å². The first kappa shape index (κ1) is 29.2. The number of nitrogens with zero attached hydrogens (tertiary/aromatic N) is 1. The largest absolute Gasteiger partial charge is 0.444 e. The average Bonchev–Trinajstić information content (AvgIpc) is 2.88. The van der Waals surface area contributed by atoms with Gasteiger partial charge in [-0.05, 0) is 44.8 Å². The number of ketones is 1. The van der Waals surface area contributed by atoms with E-state index in [0.717, 1.165) is 5.57 Å². The maximum Gasteiger partial charge on any atom is 0.410 e. The average molecular weight is 434 g/mol. The van der Waals surface area contributed by atoms with Crippen LogP contribution < -0.4 is 0 Å². The minimum absolute atomic E-state index is 0.00575. The van der Waals surface area contributed by atoms with Crippen LogP contribution in [0, 0.1) is 10.8 Å². The maximum atomic E-state index is 12.9. The lowest BCUT2D eigenvalue weighted by molar-refractivity contribution is -0.127. The van der Waals surface area contributed by atoms with Crippen molar-refractivity contribution >= 4 is 11.9 Å². The van der Waals surface area contributed by atoms with Gasteiger partial charge >= 0.3 is 6.09 Å². The molecule has 4 heteroatoms. The number of rotatable bonds is 0. The zero-order valence-corrected chi connectivity index (χ0v) is 22.0. The second-order valence-corrected chi connectivity index (χ2v) is 9.08. The van der Waals surface area contributed by atoms with Crippen LogP contribution in [0.4, 0.5) is 4.79 Å². The van der Waals surface area contributed by atoms with Gasteiger partial charge in [0.05, 0.1) is 5.41 Å². The minimum atomic E-state index is -0.495. The fraction of sp³-hybridized carbons (Fsp3) is 0.704. The highest BCUT2D eigenvalue weighted by Gasteiger charge is 2.49. The number of piperidine rings is 1. The molecule has 0 unspecified atom stereocenters. The highest BCUT2D eigenvalue weighted by molar-refractivity contribution is 5.96. The number of fused-ring (bicyclic) bond motifs is 1. The van der Waals surface area contributed by atoms with Crippen LogP contribution in [-0.4, -0.2) is 35.5 Å². The molecule has 0 aromatic heterocycles. The van der Waals surface area contributed by atoms with Crippen LogP contribution in [-0.2, 0) is 9.53 Å². The van der Waals surface area contributed by atoms with E-state index < -0.39 is 11.0 Å². The van der Waals surface area contributed by atoms with E-state index >= 15 is 0 Å². The normalized spacial score (nSPS) is 20.4. The second kappa shape index (κ2) is 12.3. The molecule has 1 amide bonds. The summed E-state index contributed by atoms with van der Waals surface area (Å²) in [6, 6.07) is 0. The smallest absolute Gasteiger partial charge is 0.410 e. The number of amides is 1. The van der Waals surface area contributed by atoms with Crippen molar-refractivity contribution in [1.29, 1.82) is 0 Å². The molecular weight excluding hydrogens is 386 g/mol.